The van der Waals surface area contributed by atoms with Gasteiger partial charge in [-0.15, -0.1) is 0 Å². The maximum absolute atomic E-state index is 11.3. The van der Waals surface area contributed by atoms with Crippen LogP contribution in [0.4, 0.5) is 0 Å². The number of carbonyl (C=O) groups is 1. The van der Waals surface area contributed by atoms with Crippen LogP contribution >= 0.6 is 0 Å². The molecule has 106 valence electrons. The molecule has 1 aromatic rings. The van der Waals surface area contributed by atoms with E-state index in [-0.39, 0.29) is 30.3 Å². The van der Waals surface area contributed by atoms with E-state index in [1.165, 1.54) is 0 Å². The van der Waals surface area contributed by atoms with E-state index >= 15 is 0 Å². The zero-order chi connectivity index (χ0) is 13.9. The zero-order valence-corrected chi connectivity index (χ0v) is 11.2. The Balaban J connectivity index is 1.85. The Morgan fingerprint density at radius 3 is 2.68 bits per heavy atom. The number of aliphatic carboxylic acids is 1. The van der Waals surface area contributed by atoms with E-state index in [4.69, 9.17) is 9.63 Å². The molecule has 1 fully saturated rings. The second-order valence-corrected chi connectivity index (χ2v) is 7.10. The van der Waals surface area contributed by atoms with Gasteiger partial charge in [0.1, 0.15) is 9.84 Å². The SMILES string of the molecule is O=C(O)CCc1nc(CC2CCS(=O)(=O)CC2)no1. The highest BCUT2D eigenvalue weighted by Crippen LogP contribution is 2.22. The summed E-state index contributed by atoms with van der Waals surface area (Å²) in [4.78, 5) is 14.5. The van der Waals surface area contributed by atoms with Gasteiger partial charge in [-0.25, -0.2) is 8.42 Å². The summed E-state index contributed by atoms with van der Waals surface area (Å²) in [5.41, 5.74) is 0. The summed E-state index contributed by atoms with van der Waals surface area (Å²) in [6, 6.07) is 0. The zero-order valence-electron chi connectivity index (χ0n) is 10.4. The maximum Gasteiger partial charge on any atom is 0.303 e. The Morgan fingerprint density at radius 1 is 1.37 bits per heavy atom. The molecule has 8 heteroatoms. The number of aryl methyl sites for hydroxylation is 1. The van der Waals surface area contributed by atoms with Crippen molar-refractivity contribution in [1.29, 1.82) is 0 Å². The van der Waals surface area contributed by atoms with E-state index in [2.05, 4.69) is 10.1 Å². The van der Waals surface area contributed by atoms with Crippen molar-refractivity contribution in [2.45, 2.75) is 32.1 Å². The third-order valence-corrected chi connectivity index (χ3v) is 4.92. The highest BCUT2D eigenvalue weighted by atomic mass is 32.2. The van der Waals surface area contributed by atoms with Crippen LogP contribution in [0.2, 0.25) is 0 Å². The average molecular weight is 288 g/mol. The summed E-state index contributed by atoms with van der Waals surface area (Å²) in [6.45, 7) is 0. The van der Waals surface area contributed by atoms with E-state index < -0.39 is 15.8 Å². The highest BCUT2D eigenvalue weighted by Gasteiger charge is 2.25. The molecular formula is C11H16N2O5S. The molecule has 1 aromatic heterocycles. The molecule has 0 bridgehead atoms. The first kappa shape index (κ1) is 14.0. The molecule has 2 heterocycles. The lowest BCUT2D eigenvalue weighted by Gasteiger charge is -2.20. The molecule has 0 saturated carbocycles. The minimum Gasteiger partial charge on any atom is -0.481 e. The fraction of sp³-hybridized carbons (Fsp3) is 0.727. The topological polar surface area (TPSA) is 110 Å². The number of sulfone groups is 1. The summed E-state index contributed by atoms with van der Waals surface area (Å²) < 4.78 is 27.5. The predicted molar refractivity (Wildman–Crippen MR) is 65.3 cm³/mol. The van der Waals surface area contributed by atoms with Crippen LogP contribution in [0.25, 0.3) is 0 Å². The summed E-state index contributed by atoms with van der Waals surface area (Å²) in [6.07, 6.45) is 2.03. The van der Waals surface area contributed by atoms with Gasteiger partial charge in [0.2, 0.25) is 5.89 Å². The second kappa shape index (κ2) is 5.68. The van der Waals surface area contributed by atoms with Gasteiger partial charge in [0.05, 0.1) is 17.9 Å². The van der Waals surface area contributed by atoms with Gasteiger partial charge in [0.25, 0.3) is 0 Å². The molecule has 2 rings (SSSR count). The standard InChI is InChI=1S/C11H16N2O5S/c14-11(15)2-1-10-12-9(13-18-10)7-8-3-5-19(16,17)6-4-8/h8H,1-7H2,(H,14,15). The fourth-order valence-electron chi connectivity index (χ4n) is 2.09. The highest BCUT2D eigenvalue weighted by molar-refractivity contribution is 7.91. The monoisotopic (exact) mass is 288 g/mol. The Morgan fingerprint density at radius 2 is 2.05 bits per heavy atom. The molecule has 1 aliphatic rings. The molecular weight excluding hydrogens is 272 g/mol. The van der Waals surface area contributed by atoms with Gasteiger partial charge in [0.15, 0.2) is 5.82 Å². The van der Waals surface area contributed by atoms with Gasteiger partial charge in [-0.05, 0) is 18.8 Å². The van der Waals surface area contributed by atoms with Crippen molar-refractivity contribution in [3.05, 3.63) is 11.7 Å². The van der Waals surface area contributed by atoms with E-state index in [9.17, 15) is 13.2 Å². The molecule has 0 aromatic carbocycles. The maximum atomic E-state index is 11.3. The van der Waals surface area contributed by atoms with Gasteiger partial charge < -0.3 is 9.63 Å². The van der Waals surface area contributed by atoms with Crippen molar-refractivity contribution in [2.75, 3.05) is 11.5 Å². The van der Waals surface area contributed by atoms with Gasteiger partial charge in [0, 0.05) is 12.8 Å². The smallest absolute Gasteiger partial charge is 0.303 e. The Labute approximate surface area is 110 Å². The fourth-order valence-corrected chi connectivity index (χ4v) is 3.68. The van der Waals surface area contributed by atoms with Gasteiger partial charge in [-0.3, -0.25) is 4.79 Å². The summed E-state index contributed by atoms with van der Waals surface area (Å²) in [5.74, 6) is 0.652. The molecule has 0 spiro atoms. The van der Waals surface area contributed by atoms with Crippen LogP contribution in [0.3, 0.4) is 0 Å². The van der Waals surface area contributed by atoms with Crippen molar-refractivity contribution in [1.82, 2.24) is 10.1 Å². The molecule has 0 aliphatic carbocycles. The minimum atomic E-state index is -2.85. The van der Waals surface area contributed by atoms with Crippen LogP contribution in [-0.2, 0) is 27.5 Å². The van der Waals surface area contributed by atoms with Crippen LogP contribution in [0, 0.1) is 5.92 Å². The van der Waals surface area contributed by atoms with Crippen LogP contribution < -0.4 is 0 Å². The summed E-state index contributed by atoms with van der Waals surface area (Å²) in [7, 11) is -2.85. The second-order valence-electron chi connectivity index (χ2n) is 4.80. The predicted octanol–water partition coefficient (Wildman–Crippen LogP) is 0.454. The molecule has 0 amide bonds. The van der Waals surface area contributed by atoms with Crippen LogP contribution in [0.15, 0.2) is 4.52 Å². The average Bonchev–Trinajstić information content (AvgIpc) is 2.77. The molecule has 0 radical (unpaired) electrons. The molecule has 19 heavy (non-hydrogen) atoms. The van der Waals surface area contributed by atoms with Gasteiger partial charge in [-0.1, -0.05) is 5.16 Å². The van der Waals surface area contributed by atoms with E-state index in [1.807, 2.05) is 0 Å². The largest absolute Gasteiger partial charge is 0.481 e. The summed E-state index contributed by atoms with van der Waals surface area (Å²) >= 11 is 0. The minimum absolute atomic E-state index is 0.0384. The number of carboxylic acids is 1. The number of hydrogen-bond donors (Lipinski definition) is 1. The van der Waals surface area contributed by atoms with Crippen LogP contribution in [0.1, 0.15) is 31.0 Å². The number of aromatic nitrogens is 2. The first-order chi connectivity index (χ1) is 8.94. The quantitative estimate of drug-likeness (QED) is 0.837. The first-order valence-corrected chi connectivity index (χ1v) is 8.00. The van der Waals surface area contributed by atoms with Gasteiger partial charge in [-0.2, -0.15) is 4.98 Å². The molecule has 1 N–H and O–H groups in total. The molecule has 1 aliphatic heterocycles. The lowest BCUT2D eigenvalue weighted by Crippen LogP contribution is -2.24. The van der Waals surface area contributed by atoms with Crippen molar-refractivity contribution in [3.63, 3.8) is 0 Å². The van der Waals surface area contributed by atoms with E-state index in [0.717, 1.165) is 0 Å². The van der Waals surface area contributed by atoms with E-state index in [1.54, 1.807) is 0 Å². The lowest BCUT2D eigenvalue weighted by atomic mass is 9.99. The molecule has 0 unspecified atom stereocenters. The van der Waals surface area contributed by atoms with Crippen LogP contribution in [0.5, 0.6) is 0 Å². The third-order valence-electron chi connectivity index (χ3n) is 3.21. The Hall–Kier alpha value is -1.44. The number of carboxylic acid groups (broad SMARTS) is 1. The van der Waals surface area contributed by atoms with Crippen molar-refractivity contribution in [2.24, 2.45) is 5.92 Å². The normalized spacial score (nSPS) is 19.4. The van der Waals surface area contributed by atoms with Crippen molar-refractivity contribution < 1.29 is 22.8 Å². The third kappa shape index (κ3) is 4.30. The van der Waals surface area contributed by atoms with Crippen molar-refractivity contribution in [3.8, 4) is 0 Å². The molecule has 1 saturated heterocycles. The van der Waals surface area contributed by atoms with Crippen molar-refractivity contribution >= 4 is 15.8 Å². The molecule has 0 atom stereocenters. The Bertz CT molecular complexity index is 537. The lowest BCUT2D eigenvalue weighted by molar-refractivity contribution is -0.137. The summed E-state index contributed by atoms with van der Waals surface area (Å²) in [5, 5.41) is 12.3. The van der Waals surface area contributed by atoms with Gasteiger partial charge >= 0.3 is 5.97 Å². The van der Waals surface area contributed by atoms with Crippen LogP contribution in [-0.4, -0.2) is 41.1 Å². The Kier molecular flexibility index (Phi) is 4.18. The number of hydrogen-bond acceptors (Lipinski definition) is 6. The van der Waals surface area contributed by atoms with E-state index in [0.29, 0.717) is 31.0 Å². The number of rotatable bonds is 5. The number of nitrogens with zero attached hydrogens (tertiary/aromatic N) is 2. The molecule has 7 nitrogen and oxygen atoms in total. The first-order valence-electron chi connectivity index (χ1n) is 6.18.